The molecule has 0 bridgehead atoms. The van der Waals surface area contributed by atoms with Gasteiger partial charge in [0.2, 0.25) is 17.7 Å². The Hall–Kier alpha value is -3.71. The number of primary amides is 1. The summed E-state index contributed by atoms with van der Waals surface area (Å²) >= 11 is 0. The molecule has 3 aromatic carbocycles. The van der Waals surface area contributed by atoms with E-state index in [-0.39, 0.29) is 30.2 Å². The number of carbonyl (C=O) groups excluding carboxylic acids is 3. The molecule has 0 saturated carbocycles. The molecule has 0 unspecified atom stereocenters. The zero-order chi connectivity index (χ0) is 25.5. The SMILES string of the molecule is CN(Cc1ccccc1)C(=O)[C@H](Cc1ccc2ccccc2c1)NC(=O)CN1CCC(C(N)=O)CC1. The molecule has 3 aromatic rings. The molecule has 0 spiro atoms. The second kappa shape index (κ2) is 11.8. The summed E-state index contributed by atoms with van der Waals surface area (Å²) in [5, 5.41) is 5.23. The van der Waals surface area contributed by atoms with Gasteiger partial charge in [0.15, 0.2) is 0 Å². The molecule has 0 aromatic heterocycles. The van der Waals surface area contributed by atoms with Crippen molar-refractivity contribution < 1.29 is 14.4 Å². The van der Waals surface area contributed by atoms with E-state index in [4.69, 9.17) is 5.73 Å². The zero-order valence-corrected chi connectivity index (χ0v) is 20.7. The van der Waals surface area contributed by atoms with Gasteiger partial charge in [0.25, 0.3) is 0 Å². The summed E-state index contributed by atoms with van der Waals surface area (Å²) in [5.41, 5.74) is 7.44. The molecule has 36 heavy (non-hydrogen) atoms. The second-order valence-corrected chi connectivity index (χ2v) is 9.64. The third kappa shape index (κ3) is 6.70. The lowest BCUT2D eigenvalue weighted by molar-refractivity contribution is -0.136. The summed E-state index contributed by atoms with van der Waals surface area (Å²) in [4.78, 5) is 41.6. The molecular formula is C29H34N4O3. The van der Waals surface area contributed by atoms with E-state index in [9.17, 15) is 14.4 Å². The molecule has 4 rings (SSSR count). The maximum absolute atomic E-state index is 13.5. The Morgan fingerprint density at radius 1 is 0.944 bits per heavy atom. The van der Waals surface area contributed by atoms with E-state index in [0.29, 0.717) is 38.9 Å². The van der Waals surface area contributed by atoms with Gasteiger partial charge < -0.3 is 16.0 Å². The molecule has 1 fully saturated rings. The predicted molar refractivity (Wildman–Crippen MR) is 141 cm³/mol. The van der Waals surface area contributed by atoms with Crippen LogP contribution in [0.2, 0.25) is 0 Å². The highest BCUT2D eigenvalue weighted by atomic mass is 16.2. The van der Waals surface area contributed by atoms with Crippen LogP contribution in [0.1, 0.15) is 24.0 Å². The highest BCUT2D eigenvalue weighted by Gasteiger charge is 2.28. The summed E-state index contributed by atoms with van der Waals surface area (Å²) in [6.45, 7) is 1.93. The van der Waals surface area contributed by atoms with Gasteiger partial charge in [0.1, 0.15) is 6.04 Å². The molecule has 188 valence electrons. The first-order valence-electron chi connectivity index (χ1n) is 12.5. The molecule has 1 heterocycles. The number of likely N-dealkylation sites (N-methyl/N-ethyl adjacent to an activating group) is 1. The van der Waals surface area contributed by atoms with E-state index in [1.165, 1.54) is 0 Å². The quantitative estimate of drug-likeness (QED) is 0.486. The molecule has 1 aliphatic heterocycles. The van der Waals surface area contributed by atoms with E-state index in [1.54, 1.807) is 11.9 Å². The number of nitrogens with zero attached hydrogens (tertiary/aromatic N) is 2. The molecular weight excluding hydrogens is 452 g/mol. The van der Waals surface area contributed by atoms with Gasteiger partial charge in [-0.25, -0.2) is 0 Å². The predicted octanol–water partition coefficient (Wildman–Crippen LogP) is 2.72. The number of nitrogens with one attached hydrogen (secondary N) is 1. The van der Waals surface area contributed by atoms with Crippen LogP contribution in [0, 0.1) is 5.92 Å². The van der Waals surface area contributed by atoms with Gasteiger partial charge in [-0.15, -0.1) is 0 Å². The van der Waals surface area contributed by atoms with Crippen LogP contribution >= 0.6 is 0 Å². The minimum absolute atomic E-state index is 0.127. The lowest BCUT2D eigenvalue weighted by Gasteiger charge is -2.31. The molecule has 1 saturated heterocycles. The van der Waals surface area contributed by atoms with Crippen molar-refractivity contribution in [3.8, 4) is 0 Å². The van der Waals surface area contributed by atoms with Gasteiger partial charge in [-0.3, -0.25) is 19.3 Å². The average Bonchev–Trinajstić information content (AvgIpc) is 2.88. The minimum atomic E-state index is -0.685. The molecule has 1 aliphatic rings. The van der Waals surface area contributed by atoms with Crippen LogP contribution in [-0.4, -0.2) is 60.2 Å². The number of hydrogen-bond acceptors (Lipinski definition) is 4. The number of benzene rings is 3. The van der Waals surface area contributed by atoms with Gasteiger partial charge in [0.05, 0.1) is 6.54 Å². The minimum Gasteiger partial charge on any atom is -0.369 e. The summed E-state index contributed by atoms with van der Waals surface area (Å²) < 4.78 is 0. The number of nitrogens with two attached hydrogens (primary N) is 1. The van der Waals surface area contributed by atoms with Crippen LogP contribution in [0.15, 0.2) is 72.8 Å². The fourth-order valence-corrected chi connectivity index (χ4v) is 4.82. The summed E-state index contributed by atoms with van der Waals surface area (Å²) in [7, 11) is 1.77. The van der Waals surface area contributed by atoms with Crippen LogP contribution < -0.4 is 11.1 Å². The van der Waals surface area contributed by atoms with E-state index >= 15 is 0 Å². The van der Waals surface area contributed by atoms with E-state index < -0.39 is 6.04 Å². The van der Waals surface area contributed by atoms with Crippen molar-refractivity contribution in [3.05, 3.63) is 83.9 Å². The van der Waals surface area contributed by atoms with Gasteiger partial charge >= 0.3 is 0 Å². The number of amides is 3. The Balaban J connectivity index is 1.45. The Bertz CT molecular complexity index is 1210. The van der Waals surface area contributed by atoms with Crippen molar-refractivity contribution in [3.63, 3.8) is 0 Å². The number of carbonyl (C=O) groups is 3. The van der Waals surface area contributed by atoms with Crippen LogP contribution in [0.5, 0.6) is 0 Å². The summed E-state index contributed by atoms with van der Waals surface area (Å²) in [6.07, 6.45) is 1.71. The average molecular weight is 487 g/mol. The highest BCUT2D eigenvalue weighted by Crippen LogP contribution is 2.18. The number of likely N-dealkylation sites (tertiary alicyclic amines) is 1. The van der Waals surface area contributed by atoms with Crippen LogP contribution in [0.3, 0.4) is 0 Å². The Labute approximate surface area is 212 Å². The first kappa shape index (κ1) is 25.4. The van der Waals surface area contributed by atoms with Crippen molar-refractivity contribution in [2.45, 2.75) is 31.8 Å². The topological polar surface area (TPSA) is 95.7 Å². The van der Waals surface area contributed by atoms with Crippen molar-refractivity contribution in [2.75, 3.05) is 26.7 Å². The Morgan fingerprint density at radius 2 is 1.61 bits per heavy atom. The number of fused-ring (bicyclic) bond motifs is 1. The fraction of sp³-hybridized carbons (Fsp3) is 0.345. The van der Waals surface area contributed by atoms with E-state index in [2.05, 4.69) is 17.4 Å². The van der Waals surface area contributed by atoms with Gasteiger partial charge in [-0.1, -0.05) is 72.8 Å². The van der Waals surface area contributed by atoms with Crippen LogP contribution in [0.4, 0.5) is 0 Å². The van der Waals surface area contributed by atoms with E-state index in [1.807, 2.05) is 65.6 Å². The Morgan fingerprint density at radius 3 is 2.31 bits per heavy atom. The smallest absolute Gasteiger partial charge is 0.245 e. The summed E-state index contributed by atoms with van der Waals surface area (Å²) in [5.74, 6) is -0.729. The first-order valence-corrected chi connectivity index (χ1v) is 12.5. The molecule has 3 N–H and O–H groups in total. The van der Waals surface area contributed by atoms with Crippen LogP contribution in [0.25, 0.3) is 10.8 Å². The number of hydrogen-bond donors (Lipinski definition) is 2. The monoisotopic (exact) mass is 486 g/mol. The maximum Gasteiger partial charge on any atom is 0.245 e. The third-order valence-electron chi connectivity index (χ3n) is 6.88. The summed E-state index contributed by atoms with van der Waals surface area (Å²) in [6, 6.07) is 23.4. The fourth-order valence-electron chi connectivity index (χ4n) is 4.82. The highest BCUT2D eigenvalue weighted by molar-refractivity contribution is 5.89. The number of piperidine rings is 1. The van der Waals surface area contributed by atoms with E-state index in [0.717, 1.165) is 21.9 Å². The lowest BCUT2D eigenvalue weighted by Crippen LogP contribution is -2.51. The molecule has 3 amide bonds. The largest absolute Gasteiger partial charge is 0.369 e. The van der Waals surface area contributed by atoms with Crippen molar-refractivity contribution in [1.29, 1.82) is 0 Å². The van der Waals surface area contributed by atoms with Crippen molar-refractivity contribution in [2.24, 2.45) is 11.7 Å². The Kier molecular flexibility index (Phi) is 8.33. The molecule has 0 aliphatic carbocycles. The maximum atomic E-state index is 13.5. The second-order valence-electron chi connectivity index (χ2n) is 9.64. The lowest BCUT2D eigenvalue weighted by atomic mass is 9.96. The number of rotatable bonds is 9. The van der Waals surface area contributed by atoms with Crippen molar-refractivity contribution in [1.82, 2.24) is 15.1 Å². The molecule has 0 radical (unpaired) electrons. The molecule has 7 heteroatoms. The normalized spacial score (nSPS) is 15.4. The molecule has 7 nitrogen and oxygen atoms in total. The van der Waals surface area contributed by atoms with Crippen LogP contribution in [-0.2, 0) is 27.3 Å². The van der Waals surface area contributed by atoms with Gasteiger partial charge in [0, 0.05) is 25.9 Å². The third-order valence-corrected chi connectivity index (χ3v) is 6.88. The van der Waals surface area contributed by atoms with Crippen molar-refractivity contribution >= 4 is 28.5 Å². The zero-order valence-electron chi connectivity index (χ0n) is 20.7. The first-order chi connectivity index (χ1) is 17.4. The van der Waals surface area contributed by atoms with Gasteiger partial charge in [-0.2, -0.15) is 0 Å². The molecule has 1 atom stereocenters. The standard InChI is InChI=1S/C29H34N4O3/c1-32(19-21-7-3-2-4-8-21)29(36)26(18-22-11-12-23-9-5-6-10-25(23)17-22)31-27(34)20-33-15-13-24(14-16-33)28(30)35/h2-12,17,24,26H,13-16,18-20H2,1H3,(H2,30,35)(H,31,34)/t26-/m0/s1. The van der Waals surface area contributed by atoms with Gasteiger partial charge in [-0.05, 0) is 47.8 Å².